The van der Waals surface area contributed by atoms with Gasteiger partial charge in [-0.2, -0.15) is 0 Å². The number of benzene rings is 2. The number of pyridine rings is 1. The Balaban J connectivity index is 1.73. The molecule has 1 amide bonds. The zero-order chi connectivity index (χ0) is 19.7. The van der Waals surface area contributed by atoms with Crippen molar-refractivity contribution >= 4 is 17.4 Å². The SMILES string of the molecule is Cc1ccn2c(NC(=O)Cc3ccc(F)cc3)c(-c3cccc(F)c3)nc2c1. The highest BCUT2D eigenvalue weighted by atomic mass is 19.1. The molecule has 0 fully saturated rings. The van der Waals surface area contributed by atoms with E-state index < -0.39 is 0 Å². The van der Waals surface area contributed by atoms with Gasteiger partial charge in [0.25, 0.3) is 0 Å². The lowest BCUT2D eigenvalue weighted by atomic mass is 10.1. The van der Waals surface area contributed by atoms with E-state index in [9.17, 15) is 13.6 Å². The maximum absolute atomic E-state index is 13.7. The van der Waals surface area contributed by atoms with E-state index in [1.54, 1.807) is 28.7 Å². The molecule has 2 aromatic heterocycles. The monoisotopic (exact) mass is 377 g/mol. The number of anilines is 1. The Morgan fingerprint density at radius 1 is 1.04 bits per heavy atom. The molecule has 0 saturated carbocycles. The average molecular weight is 377 g/mol. The molecule has 0 unspecified atom stereocenters. The normalized spacial score (nSPS) is 11.0. The standard InChI is InChI=1S/C22H17F2N3O/c1-14-9-10-27-19(11-14)25-21(16-3-2-4-18(24)13-16)22(27)26-20(28)12-15-5-7-17(23)8-6-15/h2-11,13H,12H2,1H3,(H,26,28). The van der Waals surface area contributed by atoms with Crippen LogP contribution >= 0.6 is 0 Å². The van der Waals surface area contributed by atoms with Gasteiger partial charge in [0, 0.05) is 11.8 Å². The van der Waals surface area contributed by atoms with Gasteiger partial charge in [-0.3, -0.25) is 9.20 Å². The lowest BCUT2D eigenvalue weighted by molar-refractivity contribution is -0.115. The Bertz CT molecular complexity index is 1170. The number of carbonyl (C=O) groups is 1. The highest BCUT2D eigenvalue weighted by Gasteiger charge is 2.17. The van der Waals surface area contributed by atoms with Crippen LogP contribution in [0.3, 0.4) is 0 Å². The lowest BCUT2D eigenvalue weighted by Gasteiger charge is -2.08. The third-order valence-corrected chi connectivity index (χ3v) is 4.42. The number of aryl methyl sites for hydroxylation is 1. The van der Waals surface area contributed by atoms with Gasteiger partial charge >= 0.3 is 0 Å². The van der Waals surface area contributed by atoms with E-state index in [-0.39, 0.29) is 24.0 Å². The van der Waals surface area contributed by atoms with Crippen molar-refractivity contribution in [1.29, 1.82) is 0 Å². The molecule has 1 N–H and O–H groups in total. The van der Waals surface area contributed by atoms with Crippen LogP contribution in [0.1, 0.15) is 11.1 Å². The first-order valence-electron chi connectivity index (χ1n) is 8.78. The molecule has 0 aliphatic carbocycles. The van der Waals surface area contributed by atoms with Crippen molar-refractivity contribution in [1.82, 2.24) is 9.38 Å². The van der Waals surface area contributed by atoms with Gasteiger partial charge in [0.15, 0.2) is 0 Å². The summed E-state index contributed by atoms with van der Waals surface area (Å²) in [6.45, 7) is 1.95. The number of amides is 1. The lowest BCUT2D eigenvalue weighted by Crippen LogP contribution is -2.16. The van der Waals surface area contributed by atoms with E-state index in [1.165, 1.54) is 24.3 Å². The molecule has 0 spiro atoms. The zero-order valence-corrected chi connectivity index (χ0v) is 15.1. The molecule has 2 heterocycles. The predicted octanol–water partition coefficient (Wildman–Crippen LogP) is 4.77. The van der Waals surface area contributed by atoms with Crippen molar-refractivity contribution < 1.29 is 13.6 Å². The second-order valence-electron chi connectivity index (χ2n) is 6.60. The molecule has 0 bridgehead atoms. The van der Waals surface area contributed by atoms with Gasteiger partial charge < -0.3 is 5.32 Å². The molecule has 0 saturated heterocycles. The molecule has 2 aromatic carbocycles. The Morgan fingerprint density at radius 3 is 2.57 bits per heavy atom. The van der Waals surface area contributed by atoms with E-state index in [0.717, 1.165) is 5.56 Å². The van der Waals surface area contributed by atoms with E-state index in [4.69, 9.17) is 0 Å². The number of nitrogens with zero attached hydrogens (tertiary/aromatic N) is 2. The van der Waals surface area contributed by atoms with Gasteiger partial charge in [-0.25, -0.2) is 13.8 Å². The van der Waals surface area contributed by atoms with Gasteiger partial charge in [0.05, 0.1) is 6.42 Å². The number of nitrogens with one attached hydrogen (secondary N) is 1. The maximum Gasteiger partial charge on any atom is 0.229 e. The Labute approximate surface area is 160 Å². The summed E-state index contributed by atoms with van der Waals surface area (Å²) < 4.78 is 28.6. The van der Waals surface area contributed by atoms with Crippen LogP contribution in [0.4, 0.5) is 14.6 Å². The van der Waals surface area contributed by atoms with Crippen molar-refractivity contribution in [2.75, 3.05) is 5.32 Å². The fourth-order valence-corrected chi connectivity index (χ4v) is 3.07. The third-order valence-electron chi connectivity index (χ3n) is 4.42. The van der Waals surface area contributed by atoms with Gasteiger partial charge in [0.2, 0.25) is 5.91 Å². The van der Waals surface area contributed by atoms with Crippen molar-refractivity contribution in [3.8, 4) is 11.3 Å². The molecule has 28 heavy (non-hydrogen) atoms. The van der Waals surface area contributed by atoms with Gasteiger partial charge in [-0.05, 0) is 54.4 Å². The number of carbonyl (C=O) groups excluding carboxylic acids is 1. The minimum Gasteiger partial charge on any atom is -0.310 e. The largest absolute Gasteiger partial charge is 0.310 e. The summed E-state index contributed by atoms with van der Waals surface area (Å²) in [5.41, 5.74) is 3.41. The number of hydrogen-bond acceptors (Lipinski definition) is 2. The van der Waals surface area contributed by atoms with Crippen LogP contribution in [0.15, 0.2) is 66.9 Å². The molecule has 4 aromatic rings. The fraction of sp³-hybridized carbons (Fsp3) is 0.0909. The van der Waals surface area contributed by atoms with E-state index in [2.05, 4.69) is 10.3 Å². The molecule has 4 rings (SSSR count). The van der Waals surface area contributed by atoms with E-state index in [1.807, 2.05) is 25.3 Å². The maximum atomic E-state index is 13.7. The fourth-order valence-electron chi connectivity index (χ4n) is 3.07. The summed E-state index contributed by atoms with van der Waals surface area (Å²) in [4.78, 5) is 17.2. The summed E-state index contributed by atoms with van der Waals surface area (Å²) >= 11 is 0. The van der Waals surface area contributed by atoms with Crippen LogP contribution in [0.5, 0.6) is 0 Å². The second kappa shape index (κ2) is 7.23. The first-order chi connectivity index (χ1) is 13.5. The van der Waals surface area contributed by atoms with Crippen LogP contribution in [0.25, 0.3) is 16.9 Å². The van der Waals surface area contributed by atoms with Crippen molar-refractivity contribution in [3.63, 3.8) is 0 Å². The van der Waals surface area contributed by atoms with Crippen LogP contribution in [0.2, 0.25) is 0 Å². The summed E-state index contributed by atoms with van der Waals surface area (Å²) in [7, 11) is 0. The molecule has 140 valence electrons. The highest BCUT2D eigenvalue weighted by Crippen LogP contribution is 2.29. The molecule has 0 atom stereocenters. The van der Waals surface area contributed by atoms with Crippen molar-refractivity contribution in [2.24, 2.45) is 0 Å². The summed E-state index contributed by atoms with van der Waals surface area (Å²) in [5, 5.41) is 2.88. The van der Waals surface area contributed by atoms with Gasteiger partial charge in [-0.15, -0.1) is 0 Å². The topological polar surface area (TPSA) is 46.4 Å². The number of halogens is 2. The van der Waals surface area contributed by atoms with Crippen molar-refractivity contribution in [3.05, 3.63) is 89.6 Å². The quantitative estimate of drug-likeness (QED) is 0.557. The number of aromatic nitrogens is 2. The summed E-state index contributed by atoms with van der Waals surface area (Å²) in [5.74, 6) is -0.539. The molecule has 6 heteroatoms. The van der Waals surface area contributed by atoms with E-state index >= 15 is 0 Å². The molecular formula is C22H17F2N3O. The van der Waals surface area contributed by atoms with E-state index in [0.29, 0.717) is 28.3 Å². The van der Waals surface area contributed by atoms with Crippen LogP contribution in [-0.4, -0.2) is 15.3 Å². The van der Waals surface area contributed by atoms with Crippen LogP contribution in [-0.2, 0) is 11.2 Å². The summed E-state index contributed by atoms with van der Waals surface area (Å²) in [6.07, 6.45) is 1.90. The number of fused-ring (bicyclic) bond motifs is 1. The minimum atomic E-state index is -0.380. The minimum absolute atomic E-state index is 0.0853. The zero-order valence-electron chi connectivity index (χ0n) is 15.1. The second-order valence-corrected chi connectivity index (χ2v) is 6.60. The first kappa shape index (κ1) is 17.9. The Morgan fingerprint density at radius 2 is 1.82 bits per heavy atom. The van der Waals surface area contributed by atoms with Crippen LogP contribution < -0.4 is 5.32 Å². The average Bonchev–Trinajstić information content (AvgIpc) is 3.01. The van der Waals surface area contributed by atoms with Crippen LogP contribution in [0, 0.1) is 18.6 Å². The molecular weight excluding hydrogens is 360 g/mol. The Hall–Kier alpha value is -3.54. The van der Waals surface area contributed by atoms with Gasteiger partial charge in [-0.1, -0.05) is 24.3 Å². The molecule has 0 aliphatic rings. The number of imidazole rings is 1. The smallest absolute Gasteiger partial charge is 0.229 e. The highest BCUT2D eigenvalue weighted by molar-refractivity contribution is 5.95. The number of hydrogen-bond donors (Lipinski definition) is 1. The molecule has 4 nitrogen and oxygen atoms in total. The van der Waals surface area contributed by atoms with Gasteiger partial charge in [0.1, 0.15) is 28.8 Å². The molecule has 0 radical (unpaired) electrons. The summed E-state index contributed by atoms with van der Waals surface area (Å²) in [6, 6.07) is 15.6. The first-order valence-corrected chi connectivity index (χ1v) is 8.78. The third kappa shape index (κ3) is 3.62. The molecule has 0 aliphatic heterocycles. The predicted molar refractivity (Wildman–Crippen MR) is 104 cm³/mol. The Kier molecular flexibility index (Phi) is 4.61. The van der Waals surface area contributed by atoms with Crippen molar-refractivity contribution in [2.45, 2.75) is 13.3 Å². The number of rotatable bonds is 4.